The van der Waals surface area contributed by atoms with E-state index in [4.69, 9.17) is 39.5 Å². The molecule has 0 unspecified atom stereocenters. The topological polar surface area (TPSA) is 75.7 Å². The molecule has 1 N–H and O–H groups in total. The highest BCUT2D eigenvalue weighted by atomic mass is 79.9. The first-order chi connectivity index (χ1) is 17.2. The Hall–Kier alpha value is -2.49. The normalized spacial score (nSPS) is 14.4. The monoisotopic (exact) mass is 624 g/mol. The van der Waals surface area contributed by atoms with E-state index in [9.17, 15) is 14.4 Å². The smallest absolute Gasteiger partial charge is 0.294 e. The summed E-state index contributed by atoms with van der Waals surface area (Å²) in [5.74, 6) is -0.642. The lowest BCUT2D eigenvalue weighted by Gasteiger charge is -2.13. The first-order valence-electron chi connectivity index (χ1n) is 10.4. The van der Waals surface area contributed by atoms with Crippen molar-refractivity contribution in [1.29, 1.82) is 0 Å². The van der Waals surface area contributed by atoms with Crippen LogP contribution in [0.1, 0.15) is 11.1 Å². The lowest BCUT2D eigenvalue weighted by atomic mass is 10.1. The molecule has 3 aromatic carbocycles. The summed E-state index contributed by atoms with van der Waals surface area (Å²) in [6.45, 7) is -0.272. The largest absolute Gasteiger partial charge is 0.488 e. The fourth-order valence-corrected chi connectivity index (χ4v) is 5.09. The van der Waals surface area contributed by atoms with E-state index in [1.165, 1.54) is 0 Å². The number of hydrogen-bond donors (Lipinski definition) is 1. The minimum atomic E-state index is -0.578. The Bertz CT molecular complexity index is 1400. The highest BCUT2D eigenvalue weighted by Crippen LogP contribution is 2.35. The zero-order valence-electron chi connectivity index (χ0n) is 18.3. The van der Waals surface area contributed by atoms with Crippen molar-refractivity contribution in [2.24, 2.45) is 0 Å². The third kappa shape index (κ3) is 6.44. The molecule has 0 spiro atoms. The Labute approximate surface area is 234 Å². The third-order valence-electron chi connectivity index (χ3n) is 4.98. The molecule has 0 aromatic heterocycles. The standard InChI is InChI=1S/C25H16BrCl3N2O4S/c26-16-6-8-21(35-13-14-5-7-17(27)11-19(14)29)15(9-16)10-22-24(33)31(25(34)36-22)12-23(32)30-20-4-2-1-3-18(20)28/h1-11H,12-13H2,(H,30,32)/b22-10+. The van der Waals surface area contributed by atoms with E-state index in [-0.39, 0.29) is 11.5 Å². The summed E-state index contributed by atoms with van der Waals surface area (Å²) in [7, 11) is 0. The molecular formula is C25H16BrCl3N2O4S. The molecule has 184 valence electrons. The van der Waals surface area contributed by atoms with Gasteiger partial charge in [-0.1, -0.05) is 68.9 Å². The second-order valence-corrected chi connectivity index (χ2v) is 10.7. The Morgan fingerprint density at radius 1 is 1.03 bits per heavy atom. The van der Waals surface area contributed by atoms with Gasteiger partial charge in [0, 0.05) is 25.6 Å². The average molecular weight is 627 g/mol. The summed E-state index contributed by atoms with van der Waals surface area (Å²) in [5.41, 5.74) is 1.70. The number of halogens is 4. The van der Waals surface area contributed by atoms with Crippen LogP contribution in [0.5, 0.6) is 5.75 Å². The quantitative estimate of drug-likeness (QED) is 0.273. The Balaban J connectivity index is 1.50. The van der Waals surface area contributed by atoms with Crippen LogP contribution in [-0.4, -0.2) is 28.5 Å². The van der Waals surface area contributed by atoms with Crippen molar-refractivity contribution in [2.75, 3.05) is 11.9 Å². The lowest BCUT2D eigenvalue weighted by Crippen LogP contribution is -2.36. The van der Waals surface area contributed by atoms with Gasteiger partial charge in [-0.25, -0.2) is 0 Å². The van der Waals surface area contributed by atoms with Crippen molar-refractivity contribution in [1.82, 2.24) is 4.90 Å². The number of hydrogen-bond acceptors (Lipinski definition) is 5. The van der Waals surface area contributed by atoms with Gasteiger partial charge in [0.15, 0.2) is 0 Å². The molecule has 3 aromatic rings. The van der Waals surface area contributed by atoms with Gasteiger partial charge in [0.25, 0.3) is 11.1 Å². The molecule has 36 heavy (non-hydrogen) atoms. The predicted molar refractivity (Wildman–Crippen MR) is 148 cm³/mol. The second kappa shape index (κ2) is 11.7. The number of para-hydroxylation sites is 1. The van der Waals surface area contributed by atoms with Gasteiger partial charge in [0.1, 0.15) is 18.9 Å². The number of carbonyl (C=O) groups is 3. The van der Waals surface area contributed by atoms with Gasteiger partial charge in [-0.15, -0.1) is 0 Å². The molecule has 1 saturated heterocycles. The first kappa shape index (κ1) is 26.6. The molecule has 0 aliphatic carbocycles. The molecule has 6 nitrogen and oxygen atoms in total. The van der Waals surface area contributed by atoms with Crippen LogP contribution < -0.4 is 10.1 Å². The number of amides is 3. The molecule has 1 fully saturated rings. The summed E-state index contributed by atoms with van der Waals surface area (Å²) in [6, 6.07) is 17.1. The van der Waals surface area contributed by atoms with Crippen LogP contribution in [0.3, 0.4) is 0 Å². The molecule has 0 atom stereocenters. The van der Waals surface area contributed by atoms with Gasteiger partial charge in [0.2, 0.25) is 5.91 Å². The number of nitrogens with one attached hydrogen (secondary N) is 1. The highest BCUT2D eigenvalue weighted by molar-refractivity contribution is 9.10. The van der Waals surface area contributed by atoms with E-state index in [1.807, 2.05) is 0 Å². The lowest BCUT2D eigenvalue weighted by molar-refractivity contribution is -0.127. The SMILES string of the molecule is O=C(CN1C(=O)S/C(=C/c2cc(Br)ccc2OCc2ccc(Cl)cc2Cl)C1=O)Nc1ccccc1Cl. The maximum absolute atomic E-state index is 13.0. The summed E-state index contributed by atoms with van der Waals surface area (Å²) in [6.07, 6.45) is 1.56. The summed E-state index contributed by atoms with van der Waals surface area (Å²) in [4.78, 5) is 39.0. The molecule has 1 heterocycles. The van der Waals surface area contributed by atoms with E-state index in [2.05, 4.69) is 21.2 Å². The molecule has 0 bridgehead atoms. The van der Waals surface area contributed by atoms with Crippen molar-refractivity contribution in [2.45, 2.75) is 6.61 Å². The zero-order chi connectivity index (χ0) is 25.8. The summed E-state index contributed by atoms with van der Waals surface area (Å²) in [5, 5.41) is 3.40. The van der Waals surface area contributed by atoms with E-state index in [1.54, 1.807) is 66.7 Å². The second-order valence-electron chi connectivity index (χ2n) is 7.50. The Morgan fingerprint density at radius 3 is 2.56 bits per heavy atom. The molecular weight excluding hydrogens is 611 g/mol. The van der Waals surface area contributed by atoms with Crippen LogP contribution in [-0.2, 0) is 16.2 Å². The minimum Gasteiger partial charge on any atom is -0.488 e. The highest BCUT2D eigenvalue weighted by Gasteiger charge is 2.36. The number of nitrogens with zero attached hydrogens (tertiary/aromatic N) is 1. The molecule has 1 aliphatic heterocycles. The first-order valence-corrected chi connectivity index (χ1v) is 13.1. The van der Waals surface area contributed by atoms with Crippen molar-refractivity contribution in [3.8, 4) is 5.75 Å². The molecule has 4 rings (SSSR count). The Morgan fingerprint density at radius 2 is 1.81 bits per heavy atom. The number of benzene rings is 3. The number of rotatable bonds is 7. The van der Waals surface area contributed by atoms with Crippen LogP contribution in [0, 0.1) is 0 Å². The average Bonchev–Trinajstić information content (AvgIpc) is 3.08. The fraction of sp³-hybridized carbons (Fsp3) is 0.0800. The van der Waals surface area contributed by atoms with E-state index < -0.39 is 23.6 Å². The van der Waals surface area contributed by atoms with Crippen LogP contribution in [0.2, 0.25) is 15.1 Å². The number of anilines is 1. The van der Waals surface area contributed by atoms with Gasteiger partial charge in [0.05, 0.1) is 15.6 Å². The van der Waals surface area contributed by atoms with Crippen molar-refractivity contribution in [3.63, 3.8) is 0 Å². The third-order valence-corrected chi connectivity index (χ3v) is 7.30. The fourth-order valence-electron chi connectivity index (χ4n) is 3.23. The van der Waals surface area contributed by atoms with Gasteiger partial charge in [-0.05, 0) is 60.3 Å². The van der Waals surface area contributed by atoms with Crippen molar-refractivity contribution >= 4 is 91.3 Å². The van der Waals surface area contributed by atoms with Gasteiger partial charge in [-0.3, -0.25) is 19.3 Å². The summed E-state index contributed by atoms with van der Waals surface area (Å²) >= 11 is 22.4. The van der Waals surface area contributed by atoms with Crippen LogP contribution in [0.15, 0.2) is 70.0 Å². The minimum absolute atomic E-state index is 0.165. The van der Waals surface area contributed by atoms with E-state index >= 15 is 0 Å². The van der Waals surface area contributed by atoms with Gasteiger partial charge >= 0.3 is 0 Å². The molecule has 0 radical (unpaired) electrons. The maximum atomic E-state index is 13.0. The van der Waals surface area contributed by atoms with Gasteiger partial charge in [-0.2, -0.15) is 0 Å². The number of imide groups is 1. The van der Waals surface area contributed by atoms with E-state index in [0.29, 0.717) is 32.1 Å². The molecule has 1 aliphatic rings. The predicted octanol–water partition coefficient (Wildman–Crippen LogP) is 7.66. The van der Waals surface area contributed by atoms with Crippen LogP contribution in [0.25, 0.3) is 6.08 Å². The maximum Gasteiger partial charge on any atom is 0.294 e. The Kier molecular flexibility index (Phi) is 8.64. The number of thioether (sulfide) groups is 1. The van der Waals surface area contributed by atoms with Crippen LogP contribution >= 0.6 is 62.5 Å². The van der Waals surface area contributed by atoms with Gasteiger partial charge < -0.3 is 10.1 Å². The molecule has 11 heteroatoms. The molecule has 0 saturated carbocycles. The summed E-state index contributed by atoms with van der Waals surface area (Å²) < 4.78 is 6.71. The number of ether oxygens (including phenoxy) is 1. The zero-order valence-corrected chi connectivity index (χ0v) is 22.9. The van der Waals surface area contributed by atoms with Crippen molar-refractivity contribution in [3.05, 3.63) is 96.2 Å². The van der Waals surface area contributed by atoms with Crippen molar-refractivity contribution < 1.29 is 19.1 Å². The van der Waals surface area contributed by atoms with Crippen LogP contribution in [0.4, 0.5) is 10.5 Å². The number of carbonyl (C=O) groups excluding carboxylic acids is 3. The molecule has 3 amide bonds. The van der Waals surface area contributed by atoms with E-state index in [0.717, 1.165) is 26.7 Å².